The van der Waals surface area contributed by atoms with Gasteiger partial charge >= 0.3 is 0 Å². The summed E-state index contributed by atoms with van der Waals surface area (Å²) in [5.41, 5.74) is 7.39. The molecule has 1 atom stereocenters. The second-order valence-corrected chi connectivity index (χ2v) is 12.9. The predicted octanol–water partition coefficient (Wildman–Crippen LogP) is 4.91. The number of fused-ring (bicyclic) bond motifs is 1. The molecule has 1 unspecified atom stereocenters. The van der Waals surface area contributed by atoms with E-state index in [1.165, 1.54) is 6.07 Å². The molecule has 0 fully saturated rings. The summed E-state index contributed by atoms with van der Waals surface area (Å²) in [5.74, 6) is 0. The van der Waals surface area contributed by atoms with Crippen molar-refractivity contribution in [2.75, 3.05) is 6.61 Å². The van der Waals surface area contributed by atoms with E-state index in [0.29, 0.717) is 18.7 Å². The van der Waals surface area contributed by atoms with E-state index in [4.69, 9.17) is 10.5 Å². The second-order valence-electron chi connectivity index (χ2n) is 7.27. The number of alkyl halides is 2. The van der Waals surface area contributed by atoms with E-state index in [-0.39, 0.29) is 11.6 Å². The van der Waals surface area contributed by atoms with Crippen LogP contribution in [0.3, 0.4) is 0 Å². The highest BCUT2D eigenvalue weighted by Crippen LogP contribution is 2.31. The summed E-state index contributed by atoms with van der Waals surface area (Å²) < 4.78 is 34.2. The van der Waals surface area contributed by atoms with Crippen LogP contribution in [0.4, 0.5) is 8.78 Å². The van der Waals surface area contributed by atoms with Gasteiger partial charge in [0, 0.05) is 37.9 Å². The number of hydrogen-bond acceptors (Lipinski definition) is 2. The van der Waals surface area contributed by atoms with Crippen LogP contribution >= 0.6 is 0 Å². The van der Waals surface area contributed by atoms with Gasteiger partial charge in [-0.25, -0.2) is 8.78 Å². The number of benzene rings is 1. The maximum Gasteiger partial charge on any atom is 0.264 e. The monoisotopic (exact) mass is 340 g/mol. The first-order chi connectivity index (χ1) is 10.7. The SMILES string of the molecule is CC(N)c1cc(C(F)F)c2ccn(COCC[Si](C)(C)C)c2c1. The second kappa shape index (κ2) is 7.11. The van der Waals surface area contributed by atoms with Crippen molar-refractivity contribution in [3.8, 4) is 0 Å². The summed E-state index contributed by atoms with van der Waals surface area (Å²) >= 11 is 0. The predicted molar refractivity (Wildman–Crippen MR) is 93.6 cm³/mol. The molecule has 0 bridgehead atoms. The van der Waals surface area contributed by atoms with Gasteiger partial charge in [0.1, 0.15) is 6.73 Å². The Bertz CT molecular complexity index is 662. The molecule has 0 aliphatic heterocycles. The lowest BCUT2D eigenvalue weighted by Crippen LogP contribution is -2.22. The fourth-order valence-electron chi connectivity index (χ4n) is 2.44. The molecular weight excluding hydrogens is 314 g/mol. The van der Waals surface area contributed by atoms with Gasteiger partial charge in [0.2, 0.25) is 0 Å². The fraction of sp³-hybridized carbons (Fsp3) is 0.529. The molecule has 6 heteroatoms. The Labute approximate surface area is 137 Å². The van der Waals surface area contributed by atoms with Crippen molar-refractivity contribution in [1.29, 1.82) is 0 Å². The number of nitrogens with zero attached hydrogens (tertiary/aromatic N) is 1. The Balaban J connectivity index is 2.24. The van der Waals surface area contributed by atoms with E-state index in [1.807, 2.05) is 10.6 Å². The molecule has 0 aliphatic rings. The third-order valence-corrected chi connectivity index (χ3v) is 5.63. The van der Waals surface area contributed by atoms with Crippen molar-refractivity contribution >= 4 is 19.0 Å². The van der Waals surface area contributed by atoms with Gasteiger partial charge in [-0.15, -0.1) is 0 Å². The number of hydrogen-bond donors (Lipinski definition) is 1. The molecule has 1 aromatic heterocycles. The average molecular weight is 340 g/mol. The number of ether oxygens (including phenoxy) is 1. The minimum atomic E-state index is -2.51. The molecule has 128 valence electrons. The summed E-state index contributed by atoms with van der Waals surface area (Å²) in [6.07, 6.45) is -0.712. The van der Waals surface area contributed by atoms with Crippen LogP contribution in [0, 0.1) is 0 Å². The molecule has 0 aliphatic carbocycles. The van der Waals surface area contributed by atoms with E-state index in [9.17, 15) is 8.78 Å². The fourth-order valence-corrected chi connectivity index (χ4v) is 3.20. The number of aromatic nitrogens is 1. The van der Waals surface area contributed by atoms with Crippen LogP contribution in [-0.4, -0.2) is 19.2 Å². The zero-order chi connectivity index (χ0) is 17.2. The quantitative estimate of drug-likeness (QED) is 0.574. The Hall–Kier alpha value is -1.24. The molecule has 0 amide bonds. The van der Waals surface area contributed by atoms with Crippen LogP contribution in [0.25, 0.3) is 10.9 Å². The molecule has 0 radical (unpaired) electrons. The summed E-state index contributed by atoms with van der Waals surface area (Å²) in [5, 5.41) is 0.568. The summed E-state index contributed by atoms with van der Waals surface area (Å²) in [6, 6.07) is 5.92. The van der Waals surface area contributed by atoms with Gasteiger partial charge in [0.05, 0.1) is 5.52 Å². The molecule has 1 heterocycles. The first-order valence-electron chi connectivity index (χ1n) is 7.93. The topological polar surface area (TPSA) is 40.2 Å². The normalized spacial score (nSPS) is 13.9. The van der Waals surface area contributed by atoms with Crippen molar-refractivity contribution < 1.29 is 13.5 Å². The molecule has 0 saturated heterocycles. The lowest BCUT2D eigenvalue weighted by atomic mass is 10.0. The third kappa shape index (κ3) is 4.62. The van der Waals surface area contributed by atoms with Crippen LogP contribution in [-0.2, 0) is 11.5 Å². The highest BCUT2D eigenvalue weighted by molar-refractivity contribution is 6.76. The van der Waals surface area contributed by atoms with E-state index >= 15 is 0 Å². The van der Waals surface area contributed by atoms with E-state index in [2.05, 4.69) is 19.6 Å². The minimum absolute atomic E-state index is 0.0376. The average Bonchev–Trinajstić information content (AvgIpc) is 2.84. The summed E-state index contributed by atoms with van der Waals surface area (Å²) in [4.78, 5) is 0. The van der Waals surface area contributed by atoms with Gasteiger partial charge in [-0.1, -0.05) is 19.6 Å². The Kier molecular flexibility index (Phi) is 5.60. The molecule has 0 saturated carbocycles. The zero-order valence-corrected chi connectivity index (χ0v) is 15.3. The molecule has 2 aromatic rings. The number of nitrogens with two attached hydrogens (primary N) is 1. The van der Waals surface area contributed by atoms with Gasteiger partial charge in [0.25, 0.3) is 6.43 Å². The minimum Gasteiger partial charge on any atom is -0.361 e. The molecule has 2 rings (SSSR count). The largest absolute Gasteiger partial charge is 0.361 e. The molecule has 3 nitrogen and oxygen atoms in total. The highest BCUT2D eigenvalue weighted by atomic mass is 28.3. The zero-order valence-electron chi connectivity index (χ0n) is 14.3. The van der Waals surface area contributed by atoms with Crippen molar-refractivity contribution in [1.82, 2.24) is 4.57 Å². The molecule has 0 spiro atoms. The van der Waals surface area contributed by atoms with E-state index in [1.54, 1.807) is 19.2 Å². The summed E-state index contributed by atoms with van der Waals surface area (Å²) in [6.45, 7) is 9.76. The van der Waals surface area contributed by atoms with Gasteiger partial charge in [-0.05, 0) is 36.7 Å². The molecular formula is C17H26F2N2OSi. The Morgan fingerprint density at radius 3 is 2.52 bits per heavy atom. The number of halogens is 2. The molecule has 1 aromatic carbocycles. The van der Waals surface area contributed by atoms with E-state index in [0.717, 1.165) is 17.1 Å². The molecule has 2 N–H and O–H groups in total. The molecule has 23 heavy (non-hydrogen) atoms. The standard InChI is InChI=1S/C17H26F2N2OSi/c1-12(20)13-9-15(17(18)19)14-5-6-21(16(14)10-13)11-22-7-8-23(2,3)4/h5-6,9-10,12,17H,7-8,11,20H2,1-4H3. The van der Waals surface area contributed by atoms with Crippen LogP contribution in [0.2, 0.25) is 25.7 Å². The van der Waals surface area contributed by atoms with Gasteiger partial charge in [-0.2, -0.15) is 0 Å². The maximum absolute atomic E-state index is 13.3. The smallest absolute Gasteiger partial charge is 0.264 e. The summed E-state index contributed by atoms with van der Waals surface area (Å²) in [7, 11) is -1.13. The van der Waals surface area contributed by atoms with Crippen molar-refractivity contribution in [2.24, 2.45) is 5.73 Å². The Morgan fingerprint density at radius 2 is 1.96 bits per heavy atom. The van der Waals surface area contributed by atoms with Gasteiger partial charge < -0.3 is 15.0 Å². The first kappa shape index (κ1) is 18.1. The van der Waals surface area contributed by atoms with Crippen molar-refractivity contribution in [3.05, 3.63) is 35.5 Å². The van der Waals surface area contributed by atoms with Crippen molar-refractivity contribution in [2.45, 2.75) is 51.8 Å². The van der Waals surface area contributed by atoms with Crippen LogP contribution in [0.15, 0.2) is 24.4 Å². The van der Waals surface area contributed by atoms with Crippen LogP contribution in [0.5, 0.6) is 0 Å². The van der Waals surface area contributed by atoms with Crippen molar-refractivity contribution in [3.63, 3.8) is 0 Å². The van der Waals surface area contributed by atoms with Gasteiger partial charge in [0.15, 0.2) is 0 Å². The van der Waals surface area contributed by atoms with E-state index < -0.39 is 14.5 Å². The lowest BCUT2D eigenvalue weighted by molar-refractivity contribution is 0.0902. The lowest BCUT2D eigenvalue weighted by Gasteiger charge is -2.16. The Morgan fingerprint density at radius 1 is 1.26 bits per heavy atom. The van der Waals surface area contributed by atoms with Crippen LogP contribution < -0.4 is 5.73 Å². The first-order valence-corrected chi connectivity index (χ1v) is 11.6. The maximum atomic E-state index is 13.3. The third-order valence-electron chi connectivity index (χ3n) is 3.93. The number of rotatable bonds is 7. The van der Waals surface area contributed by atoms with Gasteiger partial charge in [-0.3, -0.25) is 0 Å². The van der Waals surface area contributed by atoms with Crippen LogP contribution in [0.1, 0.15) is 30.5 Å². The highest BCUT2D eigenvalue weighted by Gasteiger charge is 2.17.